The number of rotatable bonds is 11. The van der Waals surface area contributed by atoms with Crippen molar-refractivity contribution in [1.82, 2.24) is 4.90 Å². The number of carbonyl (C=O) groups excluding carboxylic acids is 1. The summed E-state index contributed by atoms with van der Waals surface area (Å²) in [4.78, 5) is 29.3. The maximum absolute atomic E-state index is 15.0. The van der Waals surface area contributed by atoms with Crippen molar-refractivity contribution >= 4 is 53.8 Å². The lowest BCUT2D eigenvalue weighted by Crippen LogP contribution is -2.66. The number of nitrogens with zero attached hydrogens (tertiary/aromatic N) is 1. The Hall–Kier alpha value is -3.42. The SMILES string of the molecule is C[C@@H](CCO[Si](c1ccccc1)(c1ccccc1)C(C)(C)C)N1C(=O)C(C)(C2CC2C(=O)O)CC(c2cccc(Cl)c2)C1c1ccc(Cl)cc1. The lowest BCUT2D eigenvalue weighted by atomic mass is 9.65. The molecule has 1 amide bonds. The van der Waals surface area contributed by atoms with Gasteiger partial charge in [0.2, 0.25) is 5.91 Å². The van der Waals surface area contributed by atoms with Gasteiger partial charge in [0.1, 0.15) is 0 Å². The Labute approximate surface area is 307 Å². The summed E-state index contributed by atoms with van der Waals surface area (Å²) in [6.07, 6.45) is 1.63. The molecule has 1 heterocycles. The van der Waals surface area contributed by atoms with Crippen LogP contribution in [0.15, 0.2) is 109 Å². The van der Waals surface area contributed by atoms with Crippen LogP contribution in [0.3, 0.4) is 0 Å². The lowest BCUT2D eigenvalue weighted by molar-refractivity contribution is -0.157. The first-order valence-electron chi connectivity index (χ1n) is 17.6. The normalized spacial score (nSPS) is 24.5. The Morgan fingerprint density at radius 1 is 0.900 bits per heavy atom. The topological polar surface area (TPSA) is 66.8 Å². The number of piperidine rings is 1. The van der Waals surface area contributed by atoms with E-state index >= 15 is 4.79 Å². The molecule has 50 heavy (non-hydrogen) atoms. The summed E-state index contributed by atoms with van der Waals surface area (Å²) < 4.78 is 7.30. The van der Waals surface area contributed by atoms with Gasteiger partial charge in [-0.05, 0) is 82.9 Å². The third-order valence-electron chi connectivity index (χ3n) is 11.2. The zero-order chi connectivity index (χ0) is 35.8. The molecule has 4 aromatic rings. The fourth-order valence-corrected chi connectivity index (χ4v) is 13.5. The van der Waals surface area contributed by atoms with Crippen molar-refractivity contribution in [3.63, 3.8) is 0 Å². The van der Waals surface area contributed by atoms with E-state index in [2.05, 4.69) is 82.3 Å². The fraction of sp³-hybridized carbons (Fsp3) is 0.381. The molecule has 1 aliphatic carbocycles. The van der Waals surface area contributed by atoms with E-state index in [1.165, 1.54) is 10.4 Å². The highest BCUT2D eigenvalue weighted by Crippen LogP contribution is 2.61. The van der Waals surface area contributed by atoms with Crippen LogP contribution in [0.1, 0.15) is 77.0 Å². The molecule has 1 aliphatic heterocycles. The van der Waals surface area contributed by atoms with E-state index in [-0.39, 0.29) is 34.9 Å². The minimum atomic E-state index is -2.80. The Morgan fingerprint density at radius 2 is 1.50 bits per heavy atom. The molecule has 4 aromatic carbocycles. The highest BCUT2D eigenvalue weighted by atomic mass is 35.5. The van der Waals surface area contributed by atoms with Gasteiger partial charge in [-0.1, -0.05) is 136 Å². The van der Waals surface area contributed by atoms with E-state index in [4.69, 9.17) is 27.6 Å². The van der Waals surface area contributed by atoms with E-state index in [1.54, 1.807) is 0 Å². The molecule has 6 atom stereocenters. The van der Waals surface area contributed by atoms with Gasteiger partial charge in [0.15, 0.2) is 0 Å². The van der Waals surface area contributed by atoms with E-state index < -0.39 is 25.6 Å². The molecular weight excluding hydrogens is 681 g/mol. The Morgan fingerprint density at radius 3 is 2.02 bits per heavy atom. The smallest absolute Gasteiger partial charge is 0.306 e. The fourth-order valence-electron chi connectivity index (χ4n) is 8.60. The summed E-state index contributed by atoms with van der Waals surface area (Å²) in [6.45, 7) is 11.3. The summed E-state index contributed by atoms with van der Waals surface area (Å²) >= 11 is 13.0. The van der Waals surface area contributed by atoms with Crippen molar-refractivity contribution in [3.8, 4) is 0 Å². The molecule has 0 aromatic heterocycles. The predicted octanol–water partition coefficient (Wildman–Crippen LogP) is 9.13. The van der Waals surface area contributed by atoms with Crippen molar-refractivity contribution < 1.29 is 19.1 Å². The molecule has 5 unspecified atom stereocenters. The second-order valence-corrected chi connectivity index (χ2v) is 20.6. The number of likely N-dealkylation sites (tertiary alicyclic amines) is 1. The predicted molar refractivity (Wildman–Crippen MR) is 205 cm³/mol. The summed E-state index contributed by atoms with van der Waals surface area (Å²) in [7, 11) is -2.80. The largest absolute Gasteiger partial charge is 0.481 e. The summed E-state index contributed by atoms with van der Waals surface area (Å²) in [5, 5.41) is 13.5. The van der Waals surface area contributed by atoms with Crippen LogP contribution in [-0.4, -0.2) is 42.8 Å². The second-order valence-electron chi connectivity index (χ2n) is 15.4. The average Bonchev–Trinajstić information content (AvgIpc) is 3.91. The second kappa shape index (κ2) is 14.3. The van der Waals surface area contributed by atoms with E-state index in [9.17, 15) is 9.90 Å². The highest BCUT2D eigenvalue weighted by Gasteiger charge is 2.62. The molecule has 1 saturated carbocycles. The Bertz CT molecular complexity index is 1770. The maximum Gasteiger partial charge on any atom is 0.306 e. The molecule has 0 spiro atoms. The van der Waals surface area contributed by atoms with Crippen molar-refractivity contribution in [1.29, 1.82) is 0 Å². The van der Waals surface area contributed by atoms with Crippen LogP contribution >= 0.6 is 23.2 Å². The molecule has 262 valence electrons. The number of carboxylic acids is 1. The standard InChI is InChI=1S/C42H47Cl2NO4Si/c1-28(23-24-49-50(41(2,3)4,33-15-8-6-9-16-33)34-17-10-7-11-18-34)45-38(29-19-21-31(43)22-20-29)36(30-13-12-14-32(44)25-30)27-42(5,40(45)48)37-26-35(37)39(46)47/h6-22,25,28,35-38H,23-24,26-27H2,1-5H3,(H,46,47)/t28-,35?,36?,37?,38?,42?/m0/s1. The van der Waals surface area contributed by atoms with Gasteiger partial charge in [-0.15, -0.1) is 0 Å². The van der Waals surface area contributed by atoms with Gasteiger partial charge in [-0.2, -0.15) is 0 Å². The Balaban J connectivity index is 1.40. The van der Waals surface area contributed by atoms with Gasteiger partial charge in [-0.3, -0.25) is 9.59 Å². The Kier molecular flexibility index (Phi) is 10.4. The molecule has 0 bridgehead atoms. The quantitative estimate of drug-likeness (QED) is 0.157. The average molecular weight is 729 g/mol. The number of amides is 1. The summed E-state index contributed by atoms with van der Waals surface area (Å²) in [6, 6.07) is 36.3. The van der Waals surface area contributed by atoms with Gasteiger partial charge >= 0.3 is 5.97 Å². The molecule has 6 rings (SSSR count). The maximum atomic E-state index is 15.0. The number of benzene rings is 4. The van der Waals surface area contributed by atoms with Crippen molar-refractivity contribution in [2.45, 2.75) is 76.9 Å². The van der Waals surface area contributed by atoms with E-state index in [0.29, 0.717) is 35.9 Å². The highest BCUT2D eigenvalue weighted by molar-refractivity contribution is 6.99. The first-order chi connectivity index (χ1) is 23.8. The third-order valence-corrected chi connectivity index (χ3v) is 16.7. The molecule has 8 heteroatoms. The van der Waals surface area contributed by atoms with Crippen LogP contribution in [0, 0.1) is 17.3 Å². The van der Waals surface area contributed by atoms with Crippen LogP contribution in [0.2, 0.25) is 15.1 Å². The van der Waals surface area contributed by atoms with Crippen LogP contribution in [0.5, 0.6) is 0 Å². The lowest BCUT2D eigenvalue weighted by Gasteiger charge is -2.52. The van der Waals surface area contributed by atoms with Gasteiger partial charge in [0.05, 0.1) is 17.4 Å². The minimum absolute atomic E-state index is 0.00225. The number of hydrogen-bond acceptors (Lipinski definition) is 3. The van der Waals surface area contributed by atoms with Crippen molar-refractivity contribution in [3.05, 3.63) is 130 Å². The number of halogens is 2. The van der Waals surface area contributed by atoms with E-state index in [1.807, 2.05) is 66.4 Å². The van der Waals surface area contributed by atoms with Crippen LogP contribution in [0.4, 0.5) is 0 Å². The van der Waals surface area contributed by atoms with Gasteiger partial charge < -0.3 is 14.4 Å². The van der Waals surface area contributed by atoms with Crippen LogP contribution in [-0.2, 0) is 14.0 Å². The molecule has 2 fully saturated rings. The molecule has 1 N–H and O–H groups in total. The molecule has 5 nitrogen and oxygen atoms in total. The van der Waals surface area contributed by atoms with Gasteiger partial charge in [0.25, 0.3) is 8.32 Å². The van der Waals surface area contributed by atoms with Gasteiger partial charge in [-0.25, -0.2) is 0 Å². The molecule has 2 aliphatic rings. The molecular formula is C42H47Cl2NO4Si. The van der Waals surface area contributed by atoms with Gasteiger partial charge in [0, 0.05) is 28.6 Å². The van der Waals surface area contributed by atoms with Crippen molar-refractivity contribution in [2.24, 2.45) is 17.3 Å². The zero-order valence-electron chi connectivity index (χ0n) is 29.5. The number of carbonyl (C=O) groups is 2. The summed E-state index contributed by atoms with van der Waals surface area (Å²) in [5.41, 5.74) is 1.16. The van der Waals surface area contributed by atoms with Crippen LogP contribution < -0.4 is 10.4 Å². The number of hydrogen-bond donors (Lipinski definition) is 1. The first kappa shape index (κ1) is 36.4. The van der Waals surface area contributed by atoms with Crippen molar-refractivity contribution in [2.75, 3.05) is 6.61 Å². The number of carboxylic acid groups (broad SMARTS) is 1. The third kappa shape index (κ3) is 6.80. The van der Waals surface area contributed by atoms with Crippen LogP contribution in [0.25, 0.3) is 0 Å². The number of aliphatic carboxylic acids is 1. The molecule has 1 saturated heterocycles. The summed E-state index contributed by atoms with van der Waals surface area (Å²) in [5.74, 6) is -1.70. The monoisotopic (exact) mass is 727 g/mol. The van der Waals surface area contributed by atoms with E-state index in [0.717, 1.165) is 11.1 Å². The minimum Gasteiger partial charge on any atom is -0.481 e. The zero-order valence-corrected chi connectivity index (χ0v) is 32.0. The first-order valence-corrected chi connectivity index (χ1v) is 20.3. The molecule has 0 radical (unpaired) electrons.